The van der Waals surface area contributed by atoms with Gasteiger partial charge in [-0.25, -0.2) is 9.59 Å². The number of carboxylic acids is 1. The van der Waals surface area contributed by atoms with E-state index >= 15 is 0 Å². The third kappa shape index (κ3) is 6.36. The second kappa shape index (κ2) is 8.35. The quantitative estimate of drug-likeness (QED) is 0.454. The van der Waals surface area contributed by atoms with E-state index in [1.165, 1.54) is 0 Å². The number of carbonyl (C=O) groups is 3. The van der Waals surface area contributed by atoms with E-state index in [0.717, 1.165) is 38.5 Å². The van der Waals surface area contributed by atoms with E-state index in [-0.39, 0.29) is 18.1 Å². The van der Waals surface area contributed by atoms with Crippen LogP contribution < -0.4 is 0 Å². The highest BCUT2D eigenvalue weighted by Crippen LogP contribution is 2.20. The molecule has 6 heteroatoms. The molecule has 0 spiro atoms. The molecule has 20 heavy (non-hydrogen) atoms. The molecular formula is C14H20O6. The number of hydrogen-bond donors (Lipinski definition) is 1. The monoisotopic (exact) mass is 284 g/mol. The molecule has 0 aromatic carbocycles. The zero-order valence-electron chi connectivity index (χ0n) is 11.4. The van der Waals surface area contributed by atoms with Gasteiger partial charge in [-0.2, -0.15) is 0 Å². The van der Waals surface area contributed by atoms with Crippen LogP contribution in [0.1, 0.15) is 44.9 Å². The van der Waals surface area contributed by atoms with Crippen LogP contribution in [0.15, 0.2) is 12.2 Å². The van der Waals surface area contributed by atoms with Gasteiger partial charge < -0.3 is 14.6 Å². The van der Waals surface area contributed by atoms with Crippen molar-refractivity contribution in [2.45, 2.75) is 51.0 Å². The molecule has 0 bridgehead atoms. The first-order valence-corrected chi connectivity index (χ1v) is 6.75. The maximum atomic E-state index is 11.7. The summed E-state index contributed by atoms with van der Waals surface area (Å²) in [5.41, 5.74) is -0.0927. The number of aliphatic carboxylic acids is 1. The lowest BCUT2D eigenvalue weighted by molar-refractivity contribution is -0.154. The summed E-state index contributed by atoms with van der Waals surface area (Å²) in [5, 5.41) is 8.37. The molecule has 1 aliphatic rings. The Balaban J connectivity index is 2.31. The van der Waals surface area contributed by atoms with Crippen molar-refractivity contribution < 1.29 is 29.0 Å². The molecule has 6 nitrogen and oxygen atoms in total. The SMILES string of the molecule is C=C(CC(=O)OC1CCCCCC1)C(=O)OCC(=O)O. The first-order chi connectivity index (χ1) is 9.49. The lowest BCUT2D eigenvalue weighted by Gasteiger charge is -2.15. The highest BCUT2D eigenvalue weighted by atomic mass is 16.6. The van der Waals surface area contributed by atoms with Gasteiger partial charge in [0.1, 0.15) is 6.10 Å². The van der Waals surface area contributed by atoms with Gasteiger partial charge in [0, 0.05) is 5.57 Å². The van der Waals surface area contributed by atoms with Crippen LogP contribution in [0.4, 0.5) is 0 Å². The third-order valence-corrected chi connectivity index (χ3v) is 3.07. The van der Waals surface area contributed by atoms with Gasteiger partial charge in [0.2, 0.25) is 0 Å². The van der Waals surface area contributed by atoms with E-state index in [0.29, 0.717) is 0 Å². The van der Waals surface area contributed by atoms with Crippen LogP contribution in [0.5, 0.6) is 0 Å². The first-order valence-electron chi connectivity index (χ1n) is 6.75. The average Bonchev–Trinajstić information content (AvgIpc) is 2.64. The molecule has 1 aliphatic carbocycles. The van der Waals surface area contributed by atoms with Crippen LogP contribution in [0.2, 0.25) is 0 Å². The Morgan fingerprint density at radius 3 is 2.25 bits per heavy atom. The van der Waals surface area contributed by atoms with Crippen LogP contribution >= 0.6 is 0 Å². The molecule has 1 N–H and O–H groups in total. The maximum absolute atomic E-state index is 11.7. The molecule has 1 rings (SSSR count). The summed E-state index contributed by atoms with van der Waals surface area (Å²) in [4.78, 5) is 33.3. The summed E-state index contributed by atoms with van der Waals surface area (Å²) in [6.45, 7) is 2.68. The summed E-state index contributed by atoms with van der Waals surface area (Å²) >= 11 is 0. The summed E-state index contributed by atoms with van der Waals surface area (Å²) in [6, 6.07) is 0. The Morgan fingerprint density at radius 1 is 1.10 bits per heavy atom. The Bertz CT molecular complexity index is 379. The minimum absolute atomic E-state index is 0.0900. The zero-order valence-corrected chi connectivity index (χ0v) is 11.4. The van der Waals surface area contributed by atoms with E-state index < -0.39 is 24.5 Å². The van der Waals surface area contributed by atoms with Crippen molar-refractivity contribution in [1.82, 2.24) is 0 Å². The van der Waals surface area contributed by atoms with Crippen LogP contribution in [0.25, 0.3) is 0 Å². The van der Waals surface area contributed by atoms with Crippen LogP contribution in [0.3, 0.4) is 0 Å². The van der Waals surface area contributed by atoms with Crippen molar-refractivity contribution in [3.8, 4) is 0 Å². The standard InChI is InChI=1S/C14H20O6/c1-10(14(18)19-9-12(15)16)8-13(17)20-11-6-4-2-3-5-7-11/h11H,1-9H2,(H,15,16). The normalized spacial score (nSPS) is 16.0. The second-order valence-corrected chi connectivity index (χ2v) is 4.85. The molecule has 0 saturated heterocycles. The van der Waals surface area contributed by atoms with Crippen molar-refractivity contribution >= 4 is 17.9 Å². The van der Waals surface area contributed by atoms with Crippen LogP contribution in [-0.2, 0) is 23.9 Å². The zero-order chi connectivity index (χ0) is 15.0. The Kier molecular flexibility index (Phi) is 6.76. The largest absolute Gasteiger partial charge is 0.479 e. The lowest BCUT2D eigenvalue weighted by atomic mass is 10.1. The van der Waals surface area contributed by atoms with Crippen molar-refractivity contribution in [2.75, 3.05) is 6.61 Å². The lowest BCUT2D eigenvalue weighted by Crippen LogP contribution is -2.20. The number of ether oxygens (including phenoxy) is 2. The fourth-order valence-corrected chi connectivity index (χ4v) is 2.06. The summed E-state index contributed by atoms with van der Waals surface area (Å²) < 4.78 is 9.72. The molecule has 0 aromatic rings. The van der Waals surface area contributed by atoms with Gasteiger partial charge in [-0.3, -0.25) is 4.79 Å². The second-order valence-electron chi connectivity index (χ2n) is 4.85. The molecule has 1 saturated carbocycles. The molecule has 0 heterocycles. The van der Waals surface area contributed by atoms with Gasteiger partial charge in [0.15, 0.2) is 6.61 Å². The number of carbonyl (C=O) groups excluding carboxylic acids is 2. The first kappa shape index (κ1) is 16.2. The molecule has 0 aromatic heterocycles. The fourth-order valence-electron chi connectivity index (χ4n) is 2.06. The molecule has 0 aliphatic heterocycles. The van der Waals surface area contributed by atoms with E-state index in [1.54, 1.807) is 0 Å². The minimum atomic E-state index is -1.26. The van der Waals surface area contributed by atoms with E-state index in [9.17, 15) is 14.4 Å². The predicted octanol–water partition coefficient (Wildman–Crippen LogP) is 1.83. The van der Waals surface area contributed by atoms with Gasteiger partial charge >= 0.3 is 17.9 Å². The van der Waals surface area contributed by atoms with Crippen molar-refractivity contribution in [1.29, 1.82) is 0 Å². The van der Waals surface area contributed by atoms with Gasteiger partial charge in [-0.05, 0) is 25.7 Å². The predicted molar refractivity (Wildman–Crippen MR) is 69.9 cm³/mol. The van der Waals surface area contributed by atoms with E-state index in [4.69, 9.17) is 9.84 Å². The van der Waals surface area contributed by atoms with E-state index in [1.807, 2.05) is 0 Å². The molecule has 0 radical (unpaired) electrons. The number of carboxylic acid groups (broad SMARTS) is 1. The maximum Gasteiger partial charge on any atom is 0.341 e. The minimum Gasteiger partial charge on any atom is -0.479 e. The molecule has 112 valence electrons. The van der Waals surface area contributed by atoms with E-state index in [2.05, 4.69) is 11.3 Å². The molecular weight excluding hydrogens is 264 g/mol. The van der Waals surface area contributed by atoms with Gasteiger partial charge in [-0.15, -0.1) is 0 Å². The van der Waals surface area contributed by atoms with Crippen molar-refractivity contribution in [3.05, 3.63) is 12.2 Å². The summed E-state index contributed by atoms with van der Waals surface area (Å²) in [7, 11) is 0. The highest BCUT2D eigenvalue weighted by Gasteiger charge is 2.20. The molecule has 0 atom stereocenters. The van der Waals surface area contributed by atoms with Crippen LogP contribution in [0, 0.1) is 0 Å². The summed E-state index contributed by atoms with van der Waals surface area (Å²) in [6.07, 6.45) is 5.73. The van der Waals surface area contributed by atoms with Crippen molar-refractivity contribution in [2.24, 2.45) is 0 Å². The highest BCUT2D eigenvalue weighted by molar-refractivity contribution is 5.94. The Hall–Kier alpha value is -1.85. The molecule has 0 amide bonds. The van der Waals surface area contributed by atoms with Crippen molar-refractivity contribution in [3.63, 3.8) is 0 Å². The van der Waals surface area contributed by atoms with Gasteiger partial charge in [0.05, 0.1) is 6.42 Å². The molecule has 1 fully saturated rings. The number of rotatable bonds is 6. The average molecular weight is 284 g/mol. The number of hydrogen-bond acceptors (Lipinski definition) is 5. The topological polar surface area (TPSA) is 89.9 Å². The van der Waals surface area contributed by atoms with Gasteiger partial charge in [0.25, 0.3) is 0 Å². The Labute approximate surface area is 117 Å². The molecule has 0 unspecified atom stereocenters. The van der Waals surface area contributed by atoms with Crippen LogP contribution in [-0.4, -0.2) is 35.7 Å². The third-order valence-electron chi connectivity index (χ3n) is 3.07. The fraction of sp³-hybridized carbons (Fsp3) is 0.643. The summed E-state index contributed by atoms with van der Waals surface area (Å²) in [5.74, 6) is -2.66. The smallest absolute Gasteiger partial charge is 0.341 e. The Morgan fingerprint density at radius 2 is 1.70 bits per heavy atom. The van der Waals surface area contributed by atoms with Gasteiger partial charge in [-0.1, -0.05) is 19.4 Å². The number of esters is 2.